The molecule has 0 unspecified atom stereocenters. The van der Waals surface area contributed by atoms with Gasteiger partial charge in [0.15, 0.2) is 0 Å². The Hall–Kier alpha value is -0.850. The highest BCUT2D eigenvalue weighted by Crippen LogP contribution is 2.60. The van der Waals surface area contributed by atoms with Crippen LogP contribution in [0.15, 0.2) is 24.3 Å². The van der Waals surface area contributed by atoms with Gasteiger partial charge in [0.2, 0.25) is 0 Å². The van der Waals surface area contributed by atoms with E-state index in [1.807, 2.05) is 0 Å². The topological polar surface area (TPSA) is 17.1 Å². The average Bonchev–Trinajstić information content (AvgIpc) is 2.43. The van der Waals surface area contributed by atoms with Crippen LogP contribution in [0.1, 0.15) is 59.3 Å². The van der Waals surface area contributed by atoms with Crippen molar-refractivity contribution in [3.05, 3.63) is 24.3 Å². The van der Waals surface area contributed by atoms with Gasteiger partial charge in [-0.15, -0.1) is 6.58 Å². The molecule has 3 aliphatic rings. The van der Waals surface area contributed by atoms with E-state index in [4.69, 9.17) is 0 Å². The van der Waals surface area contributed by atoms with Gasteiger partial charge >= 0.3 is 0 Å². The van der Waals surface area contributed by atoms with Crippen molar-refractivity contribution >= 4 is 5.78 Å². The van der Waals surface area contributed by atoms with Gasteiger partial charge in [-0.2, -0.15) is 0 Å². The summed E-state index contributed by atoms with van der Waals surface area (Å²) in [4.78, 5) is 12.1. The Morgan fingerprint density at radius 3 is 2.80 bits per heavy atom. The number of Topliss-reactive ketones (excluding diaryl/α,β-unsaturated/α-hetero) is 1. The molecular formula is C19H28O. The standard InChI is InChI=1S/C19H28O/c1-5-18(3)10-8-16-14(12-18)6-7-15-13(2)17(20)9-11-19(15,16)4/h5-6,13,15-16H,1,7-12H2,2-4H3/t13-,15-,16+,18-,19-/m0/s1. The van der Waals surface area contributed by atoms with Crippen LogP contribution in [0.4, 0.5) is 0 Å². The minimum atomic E-state index is 0.263. The van der Waals surface area contributed by atoms with E-state index in [9.17, 15) is 4.79 Å². The summed E-state index contributed by atoms with van der Waals surface area (Å²) < 4.78 is 0. The predicted molar refractivity (Wildman–Crippen MR) is 83.3 cm³/mol. The molecule has 3 aliphatic carbocycles. The third-order valence-corrected chi connectivity index (χ3v) is 6.85. The predicted octanol–water partition coefficient (Wildman–Crippen LogP) is 4.93. The van der Waals surface area contributed by atoms with E-state index >= 15 is 0 Å². The van der Waals surface area contributed by atoms with Crippen LogP contribution in [0.2, 0.25) is 0 Å². The molecule has 1 heteroatoms. The molecule has 0 aromatic carbocycles. The quantitative estimate of drug-likeness (QED) is 0.618. The molecule has 0 aromatic rings. The molecule has 20 heavy (non-hydrogen) atoms. The summed E-state index contributed by atoms with van der Waals surface area (Å²) in [6.45, 7) is 11.0. The maximum Gasteiger partial charge on any atom is 0.136 e. The molecule has 0 aliphatic heterocycles. The monoisotopic (exact) mass is 272 g/mol. The Kier molecular flexibility index (Phi) is 3.23. The van der Waals surface area contributed by atoms with Gasteiger partial charge in [-0.25, -0.2) is 0 Å². The Morgan fingerprint density at radius 2 is 2.10 bits per heavy atom. The molecule has 0 radical (unpaired) electrons. The van der Waals surface area contributed by atoms with Crippen molar-refractivity contribution in [1.29, 1.82) is 0 Å². The SMILES string of the molecule is C=C[C@@]1(C)CC[C@@H]2C(=CC[C@H]3[C@H](C)C(=O)CC[C@]23C)C1. The first-order chi connectivity index (χ1) is 9.39. The second-order valence-electron chi connectivity index (χ2n) is 8.01. The van der Waals surface area contributed by atoms with Crippen LogP contribution in [-0.2, 0) is 4.79 Å². The van der Waals surface area contributed by atoms with Crippen molar-refractivity contribution in [2.75, 3.05) is 0 Å². The normalized spacial score (nSPS) is 48.0. The van der Waals surface area contributed by atoms with Gasteiger partial charge in [0.05, 0.1) is 0 Å². The molecule has 0 saturated heterocycles. The number of allylic oxidation sites excluding steroid dienone is 3. The number of hydrogen-bond acceptors (Lipinski definition) is 1. The van der Waals surface area contributed by atoms with Gasteiger partial charge < -0.3 is 0 Å². The largest absolute Gasteiger partial charge is 0.299 e. The fraction of sp³-hybridized carbons (Fsp3) is 0.737. The summed E-state index contributed by atoms with van der Waals surface area (Å²) in [6.07, 6.45) is 11.4. The van der Waals surface area contributed by atoms with Gasteiger partial charge in [-0.05, 0) is 54.8 Å². The highest BCUT2D eigenvalue weighted by Gasteiger charge is 2.52. The van der Waals surface area contributed by atoms with Crippen molar-refractivity contribution in [3.63, 3.8) is 0 Å². The van der Waals surface area contributed by atoms with Crippen LogP contribution in [0.3, 0.4) is 0 Å². The summed E-state index contributed by atoms with van der Waals surface area (Å²) in [5.74, 6) is 2.05. The number of fused-ring (bicyclic) bond motifs is 3. The summed E-state index contributed by atoms with van der Waals surface area (Å²) >= 11 is 0. The zero-order valence-electron chi connectivity index (χ0n) is 13.2. The van der Waals surface area contributed by atoms with Gasteiger partial charge in [0.1, 0.15) is 5.78 Å². The summed E-state index contributed by atoms with van der Waals surface area (Å²) in [6, 6.07) is 0. The van der Waals surface area contributed by atoms with E-state index in [1.165, 1.54) is 19.3 Å². The van der Waals surface area contributed by atoms with Gasteiger partial charge in [-0.1, -0.05) is 38.5 Å². The first-order valence-corrected chi connectivity index (χ1v) is 8.25. The fourth-order valence-electron chi connectivity index (χ4n) is 5.26. The number of ketones is 1. The van der Waals surface area contributed by atoms with E-state index in [0.717, 1.165) is 19.3 Å². The van der Waals surface area contributed by atoms with E-state index < -0.39 is 0 Å². The first kappa shape index (κ1) is 14.1. The van der Waals surface area contributed by atoms with E-state index in [0.29, 0.717) is 28.4 Å². The molecule has 110 valence electrons. The maximum atomic E-state index is 12.1. The van der Waals surface area contributed by atoms with Gasteiger partial charge in [0, 0.05) is 12.3 Å². The Bertz CT molecular complexity index is 474. The highest BCUT2D eigenvalue weighted by molar-refractivity contribution is 5.82. The Balaban J connectivity index is 1.93. The molecule has 1 nitrogen and oxygen atoms in total. The lowest BCUT2D eigenvalue weighted by Gasteiger charge is -2.55. The number of rotatable bonds is 1. The maximum absolute atomic E-state index is 12.1. The van der Waals surface area contributed by atoms with Crippen LogP contribution >= 0.6 is 0 Å². The van der Waals surface area contributed by atoms with Crippen LogP contribution in [0.25, 0.3) is 0 Å². The lowest BCUT2D eigenvalue weighted by atomic mass is 9.49. The number of carbonyl (C=O) groups is 1. The van der Waals surface area contributed by atoms with Crippen LogP contribution in [0, 0.1) is 28.6 Å². The summed E-state index contributed by atoms with van der Waals surface area (Å²) in [5.41, 5.74) is 2.32. The van der Waals surface area contributed by atoms with Crippen LogP contribution in [0.5, 0.6) is 0 Å². The molecule has 5 atom stereocenters. The highest BCUT2D eigenvalue weighted by atomic mass is 16.1. The molecule has 0 spiro atoms. The van der Waals surface area contributed by atoms with Crippen molar-refractivity contribution < 1.29 is 4.79 Å². The molecule has 0 aromatic heterocycles. The molecule has 0 amide bonds. The first-order valence-electron chi connectivity index (χ1n) is 8.25. The summed E-state index contributed by atoms with van der Waals surface area (Å²) in [5, 5.41) is 0. The molecular weight excluding hydrogens is 244 g/mol. The van der Waals surface area contributed by atoms with E-state index in [2.05, 4.69) is 39.5 Å². The fourth-order valence-corrected chi connectivity index (χ4v) is 5.26. The molecule has 0 bridgehead atoms. The van der Waals surface area contributed by atoms with E-state index in [1.54, 1.807) is 5.57 Å². The van der Waals surface area contributed by atoms with E-state index in [-0.39, 0.29) is 5.92 Å². The molecule has 0 heterocycles. The number of hydrogen-bond donors (Lipinski definition) is 0. The molecule has 2 fully saturated rings. The average molecular weight is 272 g/mol. The van der Waals surface area contributed by atoms with Gasteiger partial charge in [0.25, 0.3) is 0 Å². The molecule has 3 rings (SSSR count). The lowest BCUT2D eigenvalue weighted by molar-refractivity contribution is -0.133. The van der Waals surface area contributed by atoms with Crippen molar-refractivity contribution in [2.24, 2.45) is 28.6 Å². The Morgan fingerprint density at radius 1 is 1.35 bits per heavy atom. The molecule has 2 saturated carbocycles. The second-order valence-corrected chi connectivity index (χ2v) is 8.01. The van der Waals surface area contributed by atoms with Crippen LogP contribution < -0.4 is 0 Å². The van der Waals surface area contributed by atoms with Crippen LogP contribution in [-0.4, -0.2) is 5.78 Å². The van der Waals surface area contributed by atoms with Crippen molar-refractivity contribution in [1.82, 2.24) is 0 Å². The molecule has 0 N–H and O–H groups in total. The minimum absolute atomic E-state index is 0.263. The third kappa shape index (κ3) is 1.93. The lowest BCUT2D eigenvalue weighted by Crippen LogP contribution is -2.49. The zero-order valence-corrected chi connectivity index (χ0v) is 13.2. The minimum Gasteiger partial charge on any atom is -0.299 e. The third-order valence-electron chi connectivity index (χ3n) is 6.85. The Labute approximate surface area is 123 Å². The zero-order chi connectivity index (χ0) is 14.5. The van der Waals surface area contributed by atoms with Gasteiger partial charge in [-0.3, -0.25) is 4.79 Å². The number of carbonyl (C=O) groups excluding carboxylic acids is 1. The van der Waals surface area contributed by atoms with Crippen molar-refractivity contribution in [2.45, 2.75) is 59.3 Å². The second kappa shape index (κ2) is 4.58. The van der Waals surface area contributed by atoms with Crippen molar-refractivity contribution in [3.8, 4) is 0 Å². The smallest absolute Gasteiger partial charge is 0.136 e. The summed E-state index contributed by atoms with van der Waals surface area (Å²) in [7, 11) is 0.